The summed E-state index contributed by atoms with van der Waals surface area (Å²) in [5.41, 5.74) is 6.11. The Morgan fingerprint density at radius 2 is 2.11 bits per heavy atom. The van der Waals surface area contributed by atoms with E-state index in [0.717, 1.165) is 6.42 Å². The minimum atomic E-state index is -3.46. The fraction of sp³-hybridized carbons (Fsp3) is 0.500. The molecule has 2 unspecified atom stereocenters. The van der Waals surface area contributed by atoms with Gasteiger partial charge >= 0.3 is 0 Å². The Kier molecular flexibility index (Phi) is 3.71. The van der Waals surface area contributed by atoms with Gasteiger partial charge in [0.2, 0.25) is 10.0 Å². The lowest BCUT2D eigenvalue weighted by Crippen LogP contribution is -2.29. The second kappa shape index (κ2) is 4.83. The van der Waals surface area contributed by atoms with Crippen molar-refractivity contribution in [3.8, 4) is 0 Å². The molecular formula is C12H17BrN2O2S. The average molecular weight is 333 g/mol. The normalized spacial score (nSPS) is 23.3. The standard InChI is InChI=1S/C12H17BrN2O2S/c1-8-5-9(8)7-15(2)18(16,17)12-6-10(14)3-4-11(12)13/h3-4,6,8-9H,5,7,14H2,1-2H3. The van der Waals surface area contributed by atoms with Gasteiger partial charge in [0.05, 0.1) is 4.90 Å². The first-order valence-electron chi connectivity index (χ1n) is 5.83. The summed E-state index contributed by atoms with van der Waals surface area (Å²) in [6, 6.07) is 4.83. The summed E-state index contributed by atoms with van der Waals surface area (Å²) in [5, 5.41) is 0. The van der Waals surface area contributed by atoms with Gasteiger partial charge in [-0.2, -0.15) is 0 Å². The molecule has 0 aliphatic heterocycles. The van der Waals surface area contributed by atoms with Crippen LogP contribution in [0.5, 0.6) is 0 Å². The lowest BCUT2D eigenvalue weighted by atomic mass is 10.3. The third kappa shape index (κ3) is 2.70. The summed E-state index contributed by atoms with van der Waals surface area (Å²) < 4.78 is 26.8. The number of nitrogens with zero attached hydrogens (tertiary/aromatic N) is 1. The first-order valence-corrected chi connectivity index (χ1v) is 8.07. The zero-order valence-corrected chi connectivity index (χ0v) is 12.8. The summed E-state index contributed by atoms with van der Waals surface area (Å²) in [5.74, 6) is 1.12. The van der Waals surface area contributed by atoms with Gasteiger partial charge in [-0.25, -0.2) is 12.7 Å². The number of benzene rings is 1. The fourth-order valence-electron chi connectivity index (χ4n) is 1.97. The molecule has 2 atom stereocenters. The number of anilines is 1. The summed E-state index contributed by atoms with van der Waals surface area (Å²) in [4.78, 5) is 0.235. The summed E-state index contributed by atoms with van der Waals surface area (Å²) in [6.45, 7) is 2.71. The largest absolute Gasteiger partial charge is 0.399 e. The number of nitrogen functional groups attached to an aromatic ring is 1. The highest BCUT2D eigenvalue weighted by molar-refractivity contribution is 9.10. The van der Waals surface area contributed by atoms with Crippen LogP contribution in [0, 0.1) is 11.8 Å². The summed E-state index contributed by atoms with van der Waals surface area (Å²) in [7, 11) is -1.84. The van der Waals surface area contributed by atoms with Crippen LogP contribution in [0.4, 0.5) is 5.69 Å². The van der Waals surface area contributed by atoms with Crippen molar-refractivity contribution in [3.05, 3.63) is 22.7 Å². The molecule has 2 rings (SSSR count). The molecule has 0 saturated heterocycles. The van der Waals surface area contributed by atoms with E-state index >= 15 is 0 Å². The third-order valence-electron chi connectivity index (χ3n) is 3.41. The molecule has 1 aromatic carbocycles. The van der Waals surface area contributed by atoms with Gasteiger partial charge in [0.25, 0.3) is 0 Å². The lowest BCUT2D eigenvalue weighted by Gasteiger charge is -2.18. The summed E-state index contributed by atoms with van der Waals surface area (Å²) in [6.07, 6.45) is 1.11. The predicted molar refractivity (Wildman–Crippen MR) is 75.6 cm³/mol. The van der Waals surface area contributed by atoms with Crippen LogP contribution < -0.4 is 5.73 Å². The van der Waals surface area contributed by atoms with Crippen molar-refractivity contribution < 1.29 is 8.42 Å². The first-order chi connectivity index (χ1) is 8.32. The molecule has 0 aromatic heterocycles. The van der Waals surface area contributed by atoms with E-state index in [-0.39, 0.29) is 4.90 Å². The number of nitrogens with two attached hydrogens (primary N) is 1. The quantitative estimate of drug-likeness (QED) is 0.860. The number of hydrogen-bond acceptors (Lipinski definition) is 3. The molecule has 0 radical (unpaired) electrons. The second-order valence-electron chi connectivity index (χ2n) is 4.95. The highest BCUT2D eigenvalue weighted by atomic mass is 79.9. The van der Waals surface area contributed by atoms with E-state index in [1.54, 1.807) is 19.2 Å². The molecule has 1 fully saturated rings. The van der Waals surface area contributed by atoms with Crippen LogP contribution in [0.15, 0.2) is 27.6 Å². The van der Waals surface area contributed by atoms with E-state index in [9.17, 15) is 8.42 Å². The fourth-order valence-corrected chi connectivity index (χ4v) is 4.15. The van der Waals surface area contributed by atoms with E-state index in [2.05, 4.69) is 22.9 Å². The van der Waals surface area contributed by atoms with Gasteiger partial charge in [-0.1, -0.05) is 6.92 Å². The molecule has 4 nitrogen and oxygen atoms in total. The van der Waals surface area contributed by atoms with E-state index in [4.69, 9.17) is 5.73 Å². The van der Waals surface area contributed by atoms with Crippen LogP contribution >= 0.6 is 15.9 Å². The van der Waals surface area contributed by atoms with Gasteiger partial charge in [0.15, 0.2) is 0 Å². The molecule has 1 aliphatic carbocycles. The molecule has 100 valence electrons. The second-order valence-corrected chi connectivity index (χ2v) is 7.82. The van der Waals surface area contributed by atoms with Crippen molar-refractivity contribution in [1.82, 2.24) is 4.31 Å². The molecule has 1 saturated carbocycles. The van der Waals surface area contributed by atoms with Crippen molar-refractivity contribution in [3.63, 3.8) is 0 Å². The zero-order valence-electron chi connectivity index (χ0n) is 10.4. The Balaban J connectivity index is 2.26. The van der Waals surface area contributed by atoms with Gasteiger partial charge in [-0.05, 0) is 52.4 Å². The van der Waals surface area contributed by atoms with Crippen LogP contribution in [0.2, 0.25) is 0 Å². The third-order valence-corrected chi connectivity index (χ3v) is 6.23. The number of hydrogen-bond donors (Lipinski definition) is 1. The van der Waals surface area contributed by atoms with Crippen LogP contribution in [-0.4, -0.2) is 26.3 Å². The van der Waals surface area contributed by atoms with E-state index in [0.29, 0.717) is 28.5 Å². The molecular weight excluding hydrogens is 316 g/mol. The highest BCUT2D eigenvalue weighted by Gasteiger charge is 2.36. The maximum Gasteiger partial charge on any atom is 0.244 e. The Labute approximate surface area is 116 Å². The van der Waals surface area contributed by atoms with Crippen LogP contribution in [0.1, 0.15) is 13.3 Å². The van der Waals surface area contributed by atoms with Gasteiger partial charge in [-0.15, -0.1) is 0 Å². The van der Waals surface area contributed by atoms with Crippen molar-refractivity contribution in [2.45, 2.75) is 18.2 Å². The molecule has 0 spiro atoms. The highest BCUT2D eigenvalue weighted by Crippen LogP contribution is 2.39. The van der Waals surface area contributed by atoms with E-state index in [1.165, 1.54) is 10.4 Å². The van der Waals surface area contributed by atoms with Gasteiger partial charge < -0.3 is 5.73 Å². The Hall–Kier alpha value is -0.590. The van der Waals surface area contributed by atoms with Gasteiger partial charge in [0, 0.05) is 23.8 Å². The summed E-state index contributed by atoms with van der Waals surface area (Å²) >= 11 is 3.27. The predicted octanol–water partition coefficient (Wildman–Crippen LogP) is 2.31. The van der Waals surface area contributed by atoms with Crippen molar-refractivity contribution in [2.75, 3.05) is 19.3 Å². The topological polar surface area (TPSA) is 63.4 Å². The van der Waals surface area contributed by atoms with E-state index in [1.807, 2.05) is 0 Å². The number of rotatable bonds is 4. The SMILES string of the molecule is CC1CC1CN(C)S(=O)(=O)c1cc(N)ccc1Br. The maximum absolute atomic E-state index is 12.4. The Bertz CT molecular complexity index is 559. The number of sulfonamides is 1. The zero-order chi connectivity index (χ0) is 13.5. The van der Waals surface area contributed by atoms with Crippen LogP contribution in [0.3, 0.4) is 0 Å². The molecule has 1 aliphatic rings. The molecule has 0 heterocycles. The first kappa shape index (κ1) is 13.8. The minimum absolute atomic E-state index is 0.235. The molecule has 18 heavy (non-hydrogen) atoms. The smallest absolute Gasteiger partial charge is 0.244 e. The van der Waals surface area contributed by atoms with Crippen LogP contribution in [-0.2, 0) is 10.0 Å². The van der Waals surface area contributed by atoms with Crippen LogP contribution in [0.25, 0.3) is 0 Å². The monoisotopic (exact) mass is 332 g/mol. The minimum Gasteiger partial charge on any atom is -0.399 e. The molecule has 0 bridgehead atoms. The Morgan fingerprint density at radius 1 is 1.50 bits per heavy atom. The molecule has 6 heteroatoms. The Morgan fingerprint density at radius 3 is 2.67 bits per heavy atom. The van der Waals surface area contributed by atoms with Gasteiger partial charge in [-0.3, -0.25) is 0 Å². The lowest BCUT2D eigenvalue weighted by molar-refractivity contribution is 0.444. The van der Waals surface area contributed by atoms with Crippen molar-refractivity contribution >= 4 is 31.6 Å². The molecule has 0 amide bonds. The maximum atomic E-state index is 12.4. The molecule has 2 N–H and O–H groups in total. The van der Waals surface area contributed by atoms with Crippen molar-refractivity contribution in [2.24, 2.45) is 11.8 Å². The average Bonchev–Trinajstić information content (AvgIpc) is 2.97. The molecule has 1 aromatic rings. The van der Waals surface area contributed by atoms with Crippen molar-refractivity contribution in [1.29, 1.82) is 0 Å². The van der Waals surface area contributed by atoms with Gasteiger partial charge in [0.1, 0.15) is 0 Å². The van der Waals surface area contributed by atoms with E-state index < -0.39 is 10.0 Å². The number of halogens is 1.